The maximum absolute atomic E-state index is 5.73. The summed E-state index contributed by atoms with van der Waals surface area (Å²) in [7, 11) is 0. The lowest BCUT2D eigenvalue weighted by molar-refractivity contribution is 0.481. The van der Waals surface area contributed by atoms with E-state index in [0.29, 0.717) is 11.9 Å². The van der Waals surface area contributed by atoms with E-state index < -0.39 is 0 Å². The van der Waals surface area contributed by atoms with Gasteiger partial charge in [0.1, 0.15) is 17.5 Å². The molecule has 1 aromatic heterocycles. The quantitative estimate of drug-likeness (QED) is 0.760. The van der Waals surface area contributed by atoms with Crippen molar-refractivity contribution in [3.63, 3.8) is 0 Å². The Hall–Kier alpha value is -1.32. The number of hydrogen-bond acceptors (Lipinski definition) is 4. The molecule has 0 spiro atoms. The van der Waals surface area contributed by atoms with E-state index in [0.717, 1.165) is 18.2 Å². The van der Waals surface area contributed by atoms with Crippen LogP contribution in [0.4, 0.5) is 11.6 Å². The van der Waals surface area contributed by atoms with Crippen LogP contribution in [0.25, 0.3) is 0 Å². The van der Waals surface area contributed by atoms with Gasteiger partial charge in [-0.25, -0.2) is 9.97 Å². The van der Waals surface area contributed by atoms with E-state index in [1.165, 1.54) is 19.3 Å². The fourth-order valence-electron chi connectivity index (χ4n) is 2.16. The van der Waals surface area contributed by atoms with Gasteiger partial charge in [0.05, 0.1) is 0 Å². The zero-order valence-electron chi connectivity index (χ0n) is 9.40. The Balaban J connectivity index is 2.27. The first-order chi connectivity index (χ1) is 7.16. The number of nitrogens with two attached hydrogens (primary N) is 1. The molecular weight excluding hydrogens is 188 g/mol. The molecule has 1 aliphatic rings. The molecule has 15 heavy (non-hydrogen) atoms. The lowest BCUT2D eigenvalue weighted by Crippen LogP contribution is -2.38. The third-order valence-electron chi connectivity index (χ3n) is 2.94. The van der Waals surface area contributed by atoms with E-state index in [1.54, 1.807) is 0 Å². The summed E-state index contributed by atoms with van der Waals surface area (Å²) in [6.45, 7) is 5.21. The van der Waals surface area contributed by atoms with E-state index in [2.05, 4.69) is 21.8 Å². The third-order valence-corrected chi connectivity index (χ3v) is 2.94. The Bertz CT molecular complexity index is 330. The Morgan fingerprint density at radius 1 is 1.40 bits per heavy atom. The van der Waals surface area contributed by atoms with Crippen LogP contribution in [0, 0.1) is 6.92 Å². The molecule has 1 saturated heterocycles. The van der Waals surface area contributed by atoms with Crippen LogP contribution in [-0.4, -0.2) is 22.6 Å². The average Bonchev–Trinajstić information content (AvgIpc) is 2.16. The largest absolute Gasteiger partial charge is 0.384 e. The highest BCUT2D eigenvalue weighted by Crippen LogP contribution is 2.23. The zero-order chi connectivity index (χ0) is 10.8. The molecule has 0 unspecified atom stereocenters. The second kappa shape index (κ2) is 4.04. The SMILES string of the molecule is Cc1nc(N)cc(N2CCCC[C@H]2C)n1. The van der Waals surface area contributed by atoms with Crippen molar-refractivity contribution in [1.82, 2.24) is 9.97 Å². The number of nitrogen functional groups attached to an aromatic ring is 1. The predicted octanol–water partition coefficient (Wildman–Crippen LogP) is 1.75. The van der Waals surface area contributed by atoms with Gasteiger partial charge < -0.3 is 10.6 Å². The number of aromatic nitrogens is 2. The molecule has 4 heteroatoms. The standard InChI is InChI=1S/C11H18N4/c1-8-5-3-4-6-15(8)11-7-10(12)13-9(2)14-11/h7-8H,3-6H2,1-2H3,(H2,12,13,14)/t8-/m1/s1. The Kier molecular flexibility index (Phi) is 2.75. The number of hydrogen-bond donors (Lipinski definition) is 1. The molecule has 0 aromatic carbocycles. The third kappa shape index (κ3) is 2.19. The van der Waals surface area contributed by atoms with Crippen LogP contribution in [0.15, 0.2) is 6.07 Å². The Morgan fingerprint density at radius 2 is 2.20 bits per heavy atom. The smallest absolute Gasteiger partial charge is 0.134 e. The van der Waals surface area contributed by atoms with Gasteiger partial charge in [0.15, 0.2) is 0 Å². The minimum Gasteiger partial charge on any atom is -0.384 e. The van der Waals surface area contributed by atoms with Crippen LogP contribution < -0.4 is 10.6 Å². The summed E-state index contributed by atoms with van der Waals surface area (Å²) in [6.07, 6.45) is 3.80. The van der Waals surface area contributed by atoms with Crippen molar-refractivity contribution in [1.29, 1.82) is 0 Å². The molecular formula is C11H18N4. The van der Waals surface area contributed by atoms with Gasteiger partial charge in [-0.3, -0.25) is 0 Å². The van der Waals surface area contributed by atoms with E-state index in [-0.39, 0.29) is 0 Å². The molecule has 82 valence electrons. The molecule has 1 aliphatic heterocycles. The van der Waals surface area contributed by atoms with Crippen LogP contribution in [-0.2, 0) is 0 Å². The first-order valence-electron chi connectivity index (χ1n) is 5.54. The highest BCUT2D eigenvalue weighted by Gasteiger charge is 2.19. The second-order valence-corrected chi connectivity index (χ2v) is 4.24. The van der Waals surface area contributed by atoms with Crippen molar-refractivity contribution >= 4 is 11.6 Å². The van der Waals surface area contributed by atoms with Crippen LogP contribution in [0.5, 0.6) is 0 Å². The molecule has 0 amide bonds. The van der Waals surface area contributed by atoms with Crippen molar-refractivity contribution in [2.45, 2.75) is 39.2 Å². The molecule has 4 nitrogen and oxygen atoms in total. The highest BCUT2D eigenvalue weighted by atomic mass is 15.2. The number of anilines is 2. The van der Waals surface area contributed by atoms with Crippen LogP contribution in [0.1, 0.15) is 32.0 Å². The molecule has 1 fully saturated rings. The van der Waals surface area contributed by atoms with Gasteiger partial charge in [0, 0.05) is 18.7 Å². The van der Waals surface area contributed by atoms with Gasteiger partial charge in [0.2, 0.25) is 0 Å². The summed E-state index contributed by atoms with van der Waals surface area (Å²) in [6, 6.07) is 2.43. The van der Waals surface area contributed by atoms with Crippen LogP contribution in [0.3, 0.4) is 0 Å². The maximum Gasteiger partial charge on any atom is 0.134 e. The molecule has 1 aromatic rings. The number of nitrogens with zero attached hydrogens (tertiary/aromatic N) is 3. The molecule has 0 aliphatic carbocycles. The fraction of sp³-hybridized carbons (Fsp3) is 0.636. The van der Waals surface area contributed by atoms with Crippen LogP contribution >= 0.6 is 0 Å². The molecule has 1 atom stereocenters. The van der Waals surface area contributed by atoms with Crippen molar-refractivity contribution in [2.75, 3.05) is 17.2 Å². The minimum absolute atomic E-state index is 0.562. The van der Waals surface area contributed by atoms with Gasteiger partial charge in [-0.2, -0.15) is 0 Å². The van der Waals surface area contributed by atoms with Gasteiger partial charge in [-0.05, 0) is 33.1 Å². The van der Waals surface area contributed by atoms with E-state index in [9.17, 15) is 0 Å². The monoisotopic (exact) mass is 206 g/mol. The zero-order valence-corrected chi connectivity index (χ0v) is 9.40. The molecule has 0 saturated carbocycles. The lowest BCUT2D eigenvalue weighted by Gasteiger charge is -2.34. The molecule has 2 rings (SSSR count). The van der Waals surface area contributed by atoms with Gasteiger partial charge >= 0.3 is 0 Å². The molecule has 0 bridgehead atoms. The number of piperidine rings is 1. The topological polar surface area (TPSA) is 55.0 Å². The lowest BCUT2D eigenvalue weighted by atomic mass is 10.0. The first kappa shape index (κ1) is 10.2. The molecule has 0 radical (unpaired) electrons. The Morgan fingerprint density at radius 3 is 2.87 bits per heavy atom. The van der Waals surface area contributed by atoms with Gasteiger partial charge in [-0.1, -0.05) is 0 Å². The van der Waals surface area contributed by atoms with Gasteiger partial charge in [-0.15, -0.1) is 0 Å². The van der Waals surface area contributed by atoms with Crippen molar-refractivity contribution in [3.8, 4) is 0 Å². The minimum atomic E-state index is 0.562. The second-order valence-electron chi connectivity index (χ2n) is 4.24. The normalized spacial score (nSPS) is 21.7. The van der Waals surface area contributed by atoms with Crippen molar-refractivity contribution in [3.05, 3.63) is 11.9 Å². The predicted molar refractivity (Wildman–Crippen MR) is 61.8 cm³/mol. The summed E-state index contributed by atoms with van der Waals surface area (Å²) < 4.78 is 0. The summed E-state index contributed by atoms with van der Waals surface area (Å²) in [5.74, 6) is 2.30. The summed E-state index contributed by atoms with van der Waals surface area (Å²) in [5.41, 5.74) is 5.73. The Labute approximate surface area is 90.5 Å². The van der Waals surface area contributed by atoms with Crippen LogP contribution in [0.2, 0.25) is 0 Å². The highest BCUT2D eigenvalue weighted by molar-refractivity contribution is 5.47. The maximum atomic E-state index is 5.73. The average molecular weight is 206 g/mol. The van der Waals surface area contributed by atoms with Gasteiger partial charge in [0.25, 0.3) is 0 Å². The fourth-order valence-corrected chi connectivity index (χ4v) is 2.16. The van der Waals surface area contributed by atoms with Crippen molar-refractivity contribution < 1.29 is 0 Å². The van der Waals surface area contributed by atoms with E-state index in [4.69, 9.17) is 5.73 Å². The first-order valence-corrected chi connectivity index (χ1v) is 5.54. The summed E-state index contributed by atoms with van der Waals surface area (Å²) in [5, 5.41) is 0. The van der Waals surface area contributed by atoms with E-state index in [1.807, 2.05) is 13.0 Å². The molecule has 2 heterocycles. The molecule has 2 N–H and O–H groups in total. The summed E-state index contributed by atoms with van der Waals surface area (Å²) >= 11 is 0. The van der Waals surface area contributed by atoms with Crippen molar-refractivity contribution in [2.24, 2.45) is 0 Å². The number of aryl methyl sites for hydroxylation is 1. The summed E-state index contributed by atoms with van der Waals surface area (Å²) in [4.78, 5) is 10.9. The number of rotatable bonds is 1. The van der Waals surface area contributed by atoms with E-state index >= 15 is 0 Å².